The van der Waals surface area contributed by atoms with Crippen LogP contribution in [-0.2, 0) is 17.8 Å². The third kappa shape index (κ3) is 4.28. The van der Waals surface area contributed by atoms with E-state index in [-0.39, 0.29) is 18.0 Å². The summed E-state index contributed by atoms with van der Waals surface area (Å²) in [6, 6.07) is 19.5. The molecule has 0 fully saturated rings. The second kappa shape index (κ2) is 8.60. The van der Waals surface area contributed by atoms with Gasteiger partial charge >= 0.3 is 0 Å². The van der Waals surface area contributed by atoms with Gasteiger partial charge in [0.05, 0.1) is 11.4 Å². The Bertz CT molecular complexity index is 1290. The molecule has 1 amide bonds. The number of benzene rings is 2. The van der Waals surface area contributed by atoms with Crippen LogP contribution in [0.2, 0.25) is 0 Å². The molecule has 0 saturated heterocycles. The van der Waals surface area contributed by atoms with E-state index in [1.165, 1.54) is 4.57 Å². The predicted octanol–water partition coefficient (Wildman–Crippen LogP) is 3.47. The Morgan fingerprint density at radius 2 is 1.71 bits per heavy atom. The Morgan fingerprint density at radius 1 is 1.00 bits per heavy atom. The molecule has 2 aromatic carbocycles. The summed E-state index contributed by atoms with van der Waals surface area (Å²) < 4.78 is 3.27. The average Bonchev–Trinajstić information content (AvgIpc) is 3.10. The highest BCUT2D eigenvalue weighted by molar-refractivity contribution is 5.85. The minimum Gasteiger partial charge on any atom is -0.354 e. The van der Waals surface area contributed by atoms with Gasteiger partial charge in [0.25, 0.3) is 5.56 Å². The number of fused-ring (bicyclic) bond motifs is 1. The number of nitrogens with one attached hydrogen (secondary N) is 1. The number of amides is 1. The van der Waals surface area contributed by atoms with Crippen LogP contribution in [0.15, 0.2) is 65.5 Å². The lowest BCUT2D eigenvalue weighted by atomic mass is 10.1. The standard InChI is InChI=1S/C25H26N4O2/c1-17-9-11-21(12-10-17)29-25-24(19(3)27-29)18(2)15-23(31)28(25)16-22(30)26-14-13-20-7-5-4-6-8-20/h4-12,15H,13-14,16H2,1-3H3,(H,26,30). The van der Waals surface area contributed by atoms with Crippen molar-refractivity contribution in [3.63, 3.8) is 0 Å². The van der Waals surface area contributed by atoms with Crippen LogP contribution < -0.4 is 10.9 Å². The summed E-state index contributed by atoms with van der Waals surface area (Å²) >= 11 is 0. The molecule has 0 aliphatic rings. The van der Waals surface area contributed by atoms with Crippen molar-refractivity contribution in [2.75, 3.05) is 6.54 Å². The Labute approximate surface area is 181 Å². The molecular formula is C25H26N4O2. The molecule has 6 nitrogen and oxygen atoms in total. The third-order valence-electron chi connectivity index (χ3n) is 5.45. The number of pyridine rings is 1. The van der Waals surface area contributed by atoms with E-state index < -0.39 is 0 Å². The van der Waals surface area contributed by atoms with Gasteiger partial charge in [0, 0.05) is 18.0 Å². The van der Waals surface area contributed by atoms with Crippen LogP contribution in [0.5, 0.6) is 0 Å². The van der Waals surface area contributed by atoms with Gasteiger partial charge in [-0.3, -0.25) is 14.2 Å². The van der Waals surface area contributed by atoms with Crippen LogP contribution in [-0.4, -0.2) is 26.8 Å². The van der Waals surface area contributed by atoms with Crippen molar-refractivity contribution in [3.05, 3.63) is 93.4 Å². The average molecular weight is 415 g/mol. The molecule has 2 heterocycles. The van der Waals surface area contributed by atoms with Crippen LogP contribution >= 0.6 is 0 Å². The number of aryl methyl sites for hydroxylation is 3. The molecule has 31 heavy (non-hydrogen) atoms. The van der Waals surface area contributed by atoms with Crippen LogP contribution in [0, 0.1) is 20.8 Å². The maximum Gasteiger partial charge on any atom is 0.252 e. The van der Waals surface area contributed by atoms with E-state index in [1.54, 1.807) is 10.7 Å². The number of aromatic nitrogens is 3. The fourth-order valence-corrected chi connectivity index (χ4v) is 3.87. The first kappa shape index (κ1) is 20.6. The van der Waals surface area contributed by atoms with Gasteiger partial charge < -0.3 is 5.32 Å². The molecule has 0 aliphatic carbocycles. The van der Waals surface area contributed by atoms with Gasteiger partial charge in [-0.05, 0) is 50.5 Å². The van der Waals surface area contributed by atoms with E-state index in [9.17, 15) is 9.59 Å². The van der Waals surface area contributed by atoms with Crippen molar-refractivity contribution in [2.45, 2.75) is 33.7 Å². The largest absolute Gasteiger partial charge is 0.354 e. The highest BCUT2D eigenvalue weighted by Gasteiger charge is 2.18. The lowest BCUT2D eigenvalue weighted by Gasteiger charge is -2.13. The number of carbonyl (C=O) groups is 1. The highest BCUT2D eigenvalue weighted by atomic mass is 16.2. The van der Waals surface area contributed by atoms with E-state index in [0.29, 0.717) is 12.2 Å². The predicted molar refractivity (Wildman–Crippen MR) is 123 cm³/mol. The Morgan fingerprint density at radius 3 is 2.42 bits per heavy atom. The van der Waals surface area contributed by atoms with Crippen molar-refractivity contribution >= 4 is 16.9 Å². The summed E-state index contributed by atoms with van der Waals surface area (Å²) in [5.41, 5.74) is 5.27. The zero-order valence-corrected chi connectivity index (χ0v) is 18.1. The molecule has 0 saturated carbocycles. The Kier molecular flexibility index (Phi) is 5.71. The normalized spacial score (nSPS) is 11.1. The molecule has 158 valence electrons. The number of hydrogen-bond donors (Lipinski definition) is 1. The van der Waals surface area contributed by atoms with Crippen molar-refractivity contribution < 1.29 is 4.79 Å². The molecule has 0 bridgehead atoms. The molecule has 4 rings (SSSR count). The fourth-order valence-electron chi connectivity index (χ4n) is 3.87. The first-order chi connectivity index (χ1) is 14.9. The van der Waals surface area contributed by atoms with E-state index >= 15 is 0 Å². The van der Waals surface area contributed by atoms with Crippen molar-refractivity contribution in [1.82, 2.24) is 19.7 Å². The lowest BCUT2D eigenvalue weighted by molar-refractivity contribution is -0.121. The lowest BCUT2D eigenvalue weighted by Crippen LogP contribution is -2.34. The molecular weight excluding hydrogens is 388 g/mol. The zero-order chi connectivity index (χ0) is 22.0. The maximum absolute atomic E-state index is 12.9. The van der Waals surface area contributed by atoms with Crippen molar-refractivity contribution in [2.24, 2.45) is 0 Å². The number of rotatable bonds is 6. The van der Waals surface area contributed by atoms with E-state index in [1.807, 2.05) is 75.4 Å². The number of nitrogens with zero attached hydrogens (tertiary/aromatic N) is 3. The summed E-state index contributed by atoms with van der Waals surface area (Å²) in [5.74, 6) is -0.197. The molecule has 0 atom stereocenters. The van der Waals surface area contributed by atoms with Gasteiger partial charge in [0.2, 0.25) is 5.91 Å². The van der Waals surface area contributed by atoms with Gasteiger partial charge in [0.1, 0.15) is 12.2 Å². The van der Waals surface area contributed by atoms with Crippen molar-refractivity contribution in [1.29, 1.82) is 0 Å². The van der Waals surface area contributed by atoms with Crippen LogP contribution in [0.3, 0.4) is 0 Å². The first-order valence-electron chi connectivity index (χ1n) is 10.4. The number of hydrogen-bond acceptors (Lipinski definition) is 3. The molecule has 0 unspecified atom stereocenters. The number of carbonyl (C=O) groups excluding carboxylic acids is 1. The van der Waals surface area contributed by atoms with Crippen LogP contribution in [0.1, 0.15) is 22.4 Å². The van der Waals surface area contributed by atoms with Gasteiger partial charge in [-0.2, -0.15) is 5.10 Å². The molecule has 6 heteroatoms. The SMILES string of the molecule is Cc1ccc(-n2nc(C)c3c(C)cc(=O)n(CC(=O)NCCc4ccccc4)c32)cc1. The van der Waals surface area contributed by atoms with E-state index in [0.717, 1.165) is 39.9 Å². The second-order valence-electron chi connectivity index (χ2n) is 7.87. The minimum absolute atomic E-state index is 0.0542. The summed E-state index contributed by atoms with van der Waals surface area (Å²) in [5, 5.41) is 8.52. The van der Waals surface area contributed by atoms with Crippen LogP contribution in [0.25, 0.3) is 16.7 Å². The molecule has 4 aromatic rings. The fraction of sp³-hybridized carbons (Fsp3) is 0.240. The Balaban J connectivity index is 1.66. The maximum atomic E-state index is 12.9. The van der Waals surface area contributed by atoms with Crippen LogP contribution in [0.4, 0.5) is 0 Å². The van der Waals surface area contributed by atoms with Gasteiger partial charge in [-0.25, -0.2) is 4.68 Å². The third-order valence-corrected chi connectivity index (χ3v) is 5.45. The van der Waals surface area contributed by atoms with E-state index in [4.69, 9.17) is 0 Å². The smallest absolute Gasteiger partial charge is 0.252 e. The summed E-state index contributed by atoms with van der Waals surface area (Å²) in [6.07, 6.45) is 0.741. The molecule has 0 radical (unpaired) electrons. The van der Waals surface area contributed by atoms with E-state index in [2.05, 4.69) is 10.4 Å². The molecule has 0 aliphatic heterocycles. The molecule has 1 N–H and O–H groups in total. The second-order valence-corrected chi connectivity index (χ2v) is 7.87. The summed E-state index contributed by atoms with van der Waals surface area (Å²) in [7, 11) is 0. The van der Waals surface area contributed by atoms with Crippen molar-refractivity contribution in [3.8, 4) is 5.69 Å². The summed E-state index contributed by atoms with van der Waals surface area (Å²) in [4.78, 5) is 25.6. The molecule has 0 spiro atoms. The van der Waals surface area contributed by atoms with Gasteiger partial charge in [0.15, 0.2) is 0 Å². The minimum atomic E-state index is -0.212. The highest BCUT2D eigenvalue weighted by Crippen LogP contribution is 2.24. The quantitative estimate of drug-likeness (QED) is 0.525. The first-order valence-corrected chi connectivity index (χ1v) is 10.4. The summed E-state index contributed by atoms with van der Waals surface area (Å²) in [6.45, 7) is 6.32. The topological polar surface area (TPSA) is 68.9 Å². The van der Waals surface area contributed by atoms with Gasteiger partial charge in [-0.1, -0.05) is 48.0 Å². The zero-order valence-electron chi connectivity index (χ0n) is 18.1. The Hall–Kier alpha value is -3.67. The molecule has 2 aromatic heterocycles. The van der Waals surface area contributed by atoms with Gasteiger partial charge in [-0.15, -0.1) is 0 Å². The monoisotopic (exact) mass is 414 g/mol.